The van der Waals surface area contributed by atoms with Crippen LogP contribution in [0.2, 0.25) is 0 Å². The fraction of sp³-hybridized carbons (Fsp3) is 0.312. The van der Waals surface area contributed by atoms with Crippen LogP contribution in [0.3, 0.4) is 0 Å². The summed E-state index contributed by atoms with van der Waals surface area (Å²) in [6, 6.07) is 12.6. The van der Waals surface area contributed by atoms with Crippen molar-refractivity contribution in [3.8, 4) is 0 Å². The standard InChI is InChI=1S/C16H18N2O3S/c17-16(19)13-7-4-10-18(11-13)22(20,21)15-9-3-6-12-5-1-2-8-14(12)15/h1-3,5-6,8-9,13H,4,7,10-11H2,(H2,17,19). The molecule has 116 valence electrons. The molecule has 1 aliphatic rings. The minimum absolute atomic E-state index is 0.168. The maximum Gasteiger partial charge on any atom is 0.243 e. The van der Waals surface area contributed by atoms with Crippen LogP contribution in [0.4, 0.5) is 0 Å². The highest BCUT2D eigenvalue weighted by atomic mass is 32.2. The second kappa shape index (κ2) is 5.70. The van der Waals surface area contributed by atoms with E-state index < -0.39 is 21.8 Å². The van der Waals surface area contributed by atoms with E-state index in [1.165, 1.54) is 4.31 Å². The van der Waals surface area contributed by atoms with Crippen LogP contribution in [0, 0.1) is 5.92 Å². The van der Waals surface area contributed by atoms with E-state index in [1.54, 1.807) is 18.2 Å². The summed E-state index contributed by atoms with van der Waals surface area (Å²) in [5.41, 5.74) is 5.34. The first-order valence-corrected chi connectivity index (χ1v) is 8.71. The summed E-state index contributed by atoms with van der Waals surface area (Å²) in [6.07, 6.45) is 1.30. The third-order valence-electron chi connectivity index (χ3n) is 4.15. The van der Waals surface area contributed by atoms with Crippen LogP contribution in [-0.2, 0) is 14.8 Å². The monoisotopic (exact) mass is 318 g/mol. The Kier molecular flexibility index (Phi) is 3.88. The number of nitrogens with two attached hydrogens (primary N) is 1. The molecule has 0 saturated carbocycles. The Morgan fingerprint density at radius 3 is 2.64 bits per heavy atom. The van der Waals surface area contributed by atoms with Gasteiger partial charge in [-0.15, -0.1) is 0 Å². The first-order valence-electron chi connectivity index (χ1n) is 7.27. The van der Waals surface area contributed by atoms with E-state index in [0.717, 1.165) is 5.39 Å². The number of piperidine rings is 1. The Morgan fingerprint density at radius 1 is 1.14 bits per heavy atom. The number of fused-ring (bicyclic) bond motifs is 1. The number of benzene rings is 2. The van der Waals surface area contributed by atoms with E-state index in [0.29, 0.717) is 24.8 Å². The molecule has 1 atom stereocenters. The first kappa shape index (κ1) is 15.0. The van der Waals surface area contributed by atoms with Crippen molar-refractivity contribution in [1.82, 2.24) is 4.31 Å². The summed E-state index contributed by atoms with van der Waals surface area (Å²) >= 11 is 0. The molecule has 5 nitrogen and oxygen atoms in total. The van der Waals surface area contributed by atoms with Crippen molar-refractivity contribution >= 4 is 26.7 Å². The molecule has 2 aromatic rings. The molecule has 22 heavy (non-hydrogen) atoms. The van der Waals surface area contributed by atoms with Gasteiger partial charge < -0.3 is 5.73 Å². The molecule has 3 rings (SSSR count). The number of hydrogen-bond acceptors (Lipinski definition) is 3. The van der Waals surface area contributed by atoms with E-state index in [-0.39, 0.29) is 11.4 Å². The molecule has 0 aliphatic carbocycles. The average molecular weight is 318 g/mol. The SMILES string of the molecule is NC(=O)C1CCCN(S(=O)(=O)c2cccc3ccccc23)C1. The quantitative estimate of drug-likeness (QED) is 0.936. The van der Waals surface area contributed by atoms with Gasteiger partial charge >= 0.3 is 0 Å². The Bertz CT molecular complexity index is 812. The zero-order valence-corrected chi connectivity index (χ0v) is 12.9. The van der Waals surface area contributed by atoms with Gasteiger partial charge in [0, 0.05) is 18.5 Å². The lowest BCUT2D eigenvalue weighted by Gasteiger charge is -2.30. The second-order valence-electron chi connectivity index (χ2n) is 5.58. The number of rotatable bonds is 3. The van der Waals surface area contributed by atoms with Gasteiger partial charge in [-0.3, -0.25) is 4.79 Å². The number of amides is 1. The number of carbonyl (C=O) groups excluding carboxylic acids is 1. The largest absolute Gasteiger partial charge is 0.369 e. The Morgan fingerprint density at radius 2 is 1.86 bits per heavy atom. The van der Waals surface area contributed by atoms with Crippen molar-refractivity contribution in [2.24, 2.45) is 11.7 Å². The minimum Gasteiger partial charge on any atom is -0.369 e. The smallest absolute Gasteiger partial charge is 0.243 e. The number of hydrogen-bond donors (Lipinski definition) is 1. The van der Waals surface area contributed by atoms with Crippen molar-refractivity contribution in [2.45, 2.75) is 17.7 Å². The third-order valence-corrected chi connectivity index (χ3v) is 6.08. The zero-order valence-electron chi connectivity index (χ0n) is 12.1. The van der Waals surface area contributed by atoms with Crippen LogP contribution < -0.4 is 5.73 Å². The summed E-state index contributed by atoms with van der Waals surface area (Å²) in [7, 11) is -3.63. The van der Waals surface area contributed by atoms with Gasteiger partial charge in [0.05, 0.1) is 10.8 Å². The molecule has 1 heterocycles. The van der Waals surface area contributed by atoms with Gasteiger partial charge in [-0.2, -0.15) is 4.31 Å². The van der Waals surface area contributed by atoms with Gasteiger partial charge in [0.2, 0.25) is 15.9 Å². The summed E-state index contributed by atoms with van der Waals surface area (Å²) in [5, 5.41) is 1.58. The van der Waals surface area contributed by atoms with Gasteiger partial charge in [-0.25, -0.2) is 8.42 Å². The molecule has 1 saturated heterocycles. The van der Waals surface area contributed by atoms with Crippen LogP contribution in [0.1, 0.15) is 12.8 Å². The molecule has 0 spiro atoms. The fourth-order valence-corrected chi connectivity index (χ4v) is 4.69. The lowest BCUT2D eigenvalue weighted by molar-refractivity contribution is -0.122. The predicted octanol–water partition coefficient (Wildman–Crippen LogP) is 1.73. The molecule has 1 aliphatic heterocycles. The van der Waals surface area contributed by atoms with Crippen LogP contribution in [0.5, 0.6) is 0 Å². The van der Waals surface area contributed by atoms with Crippen LogP contribution >= 0.6 is 0 Å². The summed E-state index contributed by atoms with van der Waals surface area (Å²) in [5.74, 6) is -0.837. The maximum absolute atomic E-state index is 12.9. The number of sulfonamides is 1. The topological polar surface area (TPSA) is 80.5 Å². The van der Waals surface area contributed by atoms with Gasteiger partial charge in [0.25, 0.3) is 0 Å². The minimum atomic E-state index is -3.63. The number of nitrogens with zero attached hydrogens (tertiary/aromatic N) is 1. The van der Waals surface area contributed by atoms with E-state index in [4.69, 9.17) is 5.73 Å². The highest BCUT2D eigenvalue weighted by molar-refractivity contribution is 7.89. The van der Waals surface area contributed by atoms with Crippen LogP contribution in [-0.4, -0.2) is 31.7 Å². The molecule has 1 unspecified atom stereocenters. The maximum atomic E-state index is 12.9. The van der Waals surface area contributed by atoms with E-state index in [1.807, 2.05) is 24.3 Å². The van der Waals surface area contributed by atoms with Crippen molar-refractivity contribution in [3.05, 3.63) is 42.5 Å². The third kappa shape index (κ3) is 2.60. The summed E-state index contributed by atoms with van der Waals surface area (Å²) in [6.45, 7) is 0.593. The lowest BCUT2D eigenvalue weighted by atomic mass is 9.99. The average Bonchev–Trinajstić information content (AvgIpc) is 2.54. The highest BCUT2D eigenvalue weighted by Gasteiger charge is 2.33. The molecule has 1 fully saturated rings. The predicted molar refractivity (Wildman–Crippen MR) is 84.6 cm³/mol. The number of primary amides is 1. The normalized spacial score (nSPS) is 20.1. The molecular weight excluding hydrogens is 300 g/mol. The van der Waals surface area contributed by atoms with Crippen molar-refractivity contribution in [3.63, 3.8) is 0 Å². The number of carbonyl (C=O) groups is 1. The van der Waals surface area contributed by atoms with Crippen LogP contribution in [0.15, 0.2) is 47.4 Å². The molecule has 2 N–H and O–H groups in total. The molecule has 2 aromatic carbocycles. The van der Waals surface area contributed by atoms with Crippen LogP contribution in [0.25, 0.3) is 10.8 Å². The lowest BCUT2D eigenvalue weighted by Crippen LogP contribution is -2.44. The molecule has 6 heteroatoms. The molecule has 0 bridgehead atoms. The Balaban J connectivity index is 2.03. The summed E-state index contributed by atoms with van der Waals surface area (Å²) in [4.78, 5) is 11.7. The summed E-state index contributed by atoms with van der Waals surface area (Å²) < 4.78 is 27.3. The van der Waals surface area contributed by atoms with Gasteiger partial charge in [-0.05, 0) is 24.3 Å². The van der Waals surface area contributed by atoms with Gasteiger partial charge in [0.1, 0.15) is 0 Å². The highest BCUT2D eigenvalue weighted by Crippen LogP contribution is 2.28. The van der Waals surface area contributed by atoms with E-state index >= 15 is 0 Å². The van der Waals surface area contributed by atoms with Crippen molar-refractivity contribution < 1.29 is 13.2 Å². The van der Waals surface area contributed by atoms with E-state index in [9.17, 15) is 13.2 Å². The van der Waals surface area contributed by atoms with Gasteiger partial charge in [-0.1, -0.05) is 36.4 Å². The Hall–Kier alpha value is -1.92. The first-order chi connectivity index (χ1) is 10.5. The van der Waals surface area contributed by atoms with Crippen molar-refractivity contribution in [1.29, 1.82) is 0 Å². The molecular formula is C16H18N2O3S. The molecule has 0 radical (unpaired) electrons. The molecule has 1 amide bonds. The zero-order chi connectivity index (χ0) is 15.7. The van der Waals surface area contributed by atoms with Gasteiger partial charge in [0.15, 0.2) is 0 Å². The fourth-order valence-electron chi connectivity index (χ4n) is 2.95. The molecule has 0 aromatic heterocycles. The Labute approximate surface area is 129 Å². The van der Waals surface area contributed by atoms with E-state index in [2.05, 4.69) is 0 Å². The second-order valence-corrected chi connectivity index (χ2v) is 7.49. The van der Waals surface area contributed by atoms with Crippen molar-refractivity contribution in [2.75, 3.05) is 13.1 Å².